The average Bonchev–Trinajstić information content (AvgIpc) is 1.89. The SMILES string of the molecule is [N-]=[NH+]c1ccccc1O. The predicted molar refractivity (Wildman–Crippen MR) is 32.1 cm³/mol. The molecule has 3 heteroatoms. The molecule has 0 fully saturated rings. The van der Waals surface area contributed by atoms with Crippen LogP contribution in [0.4, 0.5) is 5.69 Å². The van der Waals surface area contributed by atoms with Gasteiger partial charge in [0.25, 0.3) is 0 Å². The van der Waals surface area contributed by atoms with Crippen molar-refractivity contribution in [2.45, 2.75) is 0 Å². The maximum atomic E-state index is 8.89. The van der Waals surface area contributed by atoms with E-state index in [1.807, 2.05) is 5.11 Å². The van der Waals surface area contributed by atoms with Crippen LogP contribution in [-0.4, -0.2) is 5.11 Å². The number of hydrogen-bond acceptors (Lipinski definition) is 1. The number of nitrogens with zero attached hydrogens (tertiary/aromatic N) is 1. The first kappa shape index (κ1) is 5.75. The summed E-state index contributed by atoms with van der Waals surface area (Å²) in [7, 11) is 0. The zero-order chi connectivity index (χ0) is 6.69. The maximum Gasteiger partial charge on any atom is 0.234 e. The molecule has 1 rings (SSSR count). The molecule has 9 heavy (non-hydrogen) atoms. The van der Waals surface area contributed by atoms with Crippen molar-refractivity contribution in [1.29, 1.82) is 0 Å². The maximum absolute atomic E-state index is 8.89. The summed E-state index contributed by atoms with van der Waals surface area (Å²) >= 11 is 0. The van der Waals surface area contributed by atoms with Gasteiger partial charge >= 0.3 is 0 Å². The topological polar surface area (TPSA) is 56.5 Å². The van der Waals surface area contributed by atoms with Crippen LogP contribution in [0.15, 0.2) is 24.3 Å². The Labute approximate surface area is 52.5 Å². The summed E-state index contributed by atoms with van der Waals surface area (Å²) in [5.41, 5.74) is 8.63. The smallest absolute Gasteiger partial charge is 0.234 e. The van der Waals surface area contributed by atoms with Crippen LogP contribution in [0, 0.1) is 0 Å². The minimum Gasteiger partial charge on any atom is -0.502 e. The molecule has 0 aliphatic rings. The number of phenols is 1. The van der Waals surface area contributed by atoms with E-state index in [9.17, 15) is 0 Å². The van der Waals surface area contributed by atoms with Crippen molar-refractivity contribution < 1.29 is 10.2 Å². The van der Waals surface area contributed by atoms with Crippen molar-refractivity contribution in [2.75, 3.05) is 0 Å². The molecule has 0 aliphatic carbocycles. The van der Waals surface area contributed by atoms with Gasteiger partial charge in [0.05, 0.1) is 0 Å². The summed E-state index contributed by atoms with van der Waals surface area (Å²) in [6, 6.07) is 6.43. The second-order valence-corrected chi connectivity index (χ2v) is 1.63. The van der Waals surface area contributed by atoms with Crippen LogP contribution in [0.5, 0.6) is 5.75 Å². The van der Waals surface area contributed by atoms with Crippen molar-refractivity contribution in [3.63, 3.8) is 0 Å². The molecule has 0 atom stereocenters. The van der Waals surface area contributed by atoms with Crippen LogP contribution in [0.3, 0.4) is 0 Å². The quantitative estimate of drug-likeness (QED) is 0.403. The highest BCUT2D eigenvalue weighted by Crippen LogP contribution is 2.14. The summed E-state index contributed by atoms with van der Waals surface area (Å²) in [5.74, 6) is 0.0417. The third-order valence-corrected chi connectivity index (χ3v) is 1.02. The molecule has 0 aromatic heterocycles. The van der Waals surface area contributed by atoms with E-state index in [2.05, 4.69) is 0 Å². The molecule has 0 radical (unpaired) electrons. The molecule has 0 saturated heterocycles. The molecular formula is C6H6N2O. The summed E-state index contributed by atoms with van der Waals surface area (Å²) in [6.07, 6.45) is 0. The fraction of sp³-hybridized carbons (Fsp3) is 0. The molecule has 0 spiro atoms. The first-order valence-corrected chi connectivity index (χ1v) is 2.52. The van der Waals surface area contributed by atoms with Crippen molar-refractivity contribution in [2.24, 2.45) is 0 Å². The molecule has 2 N–H and O–H groups in total. The molecule has 1 aromatic carbocycles. The number of hydrogen-bond donors (Lipinski definition) is 2. The Morgan fingerprint density at radius 2 is 2.00 bits per heavy atom. The minimum atomic E-state index is 0.0417. The van der Waals surface area contributed by atoms with Gasteiger partial charge in [0.2, 0.25) is 5.69 Å². The molecule has 1 aromatic rings. The number of rotatable bonds is 1. The van der Waals surface area contributed by atoms with E-state index >= 15 is 0 Å². The van der Waals surface area contributed by atoms with E-state index in [4.69, 9.17) is 10.6 Å². The monoisotopic (exact) mass is 122 g/mol. The second kappa shape index (κ2) is 2.26. The van der Waals surface area contributed by atoms with Gasteiger partial charge in [-0.15, -0.1) is 0 Å². The minimum absolute atomic E-state index is 0.0417. The van der Waals surface area contributed by atoms with Gasteiger partial charge in [-0.3, -0.25) is 5.11 Å². The average molecular weight is 122 g/mol. The Bertz CT molecular complexity index is 222. The zero-order valence-electron chi connectivity index (χ0n) is 4.70. The molecule has 0 bridgehead atoms. The van der Waals surface area contributed by atoms with Gasteiger partial charge in [0.1, 0.15) is 0 Å². The molecular weight excluding hydrogens is 116 g/mol. The van der Waals surface area contributed by atoms with Crippen LogP contribution in [0.1, 0.15) is 0 Å². The molecule has 46 valence electrons. The van der Waals surface area contributed by atoms with Gasteiger partial charge in [-0.05, 0) is 6.07 Å². The van der Waals surface area contributed by atoms with Gasteiger partial charge < -0.3 is 10.6 Å². The van der Waals surface area contributed by atoms with Crippen molar-refractivity contribution in [3.8, 4) is 5.75 Å². The van der Waals surface area contributed by atoms with Crippen LogP contribution in [0.2, 0.25) is 0 Å². The number of para-hydroxylation sites is 2. The van der Waals surface area contributed by atoms with E-state index in [0.29, 0.717) is 5.69 Å². The molecule has 0 saturated carbocycles. The summed E-state index contributed by atoms with van der Waals surface area (Å²) < 4.78 is 0. The summed E-state index contributed by atoms with van der Waals surface area (Å²) in [6.45, 7) is 0. The third-order valence-electron chi connectivity index (χ3n) is 1.02. The van der Waals surface area contributed by atoms with Crippen molar-refractivity contribution in [3.05, 3.63) is 29.8 Å². The lowest BCUT2D eigenvalue weighted by Gasteiger charge is -1.90. The largest absolute Gasteiger partial charge is 0.502 e. The van der Waals surface area contributed by atoms with Crippen molar-refractivity contribution >= 4 is 5.69 Å². The lowest BCUT2D eigenvalue weighted by Crippen LogP contribution is -2.54. The normalized spacial score (nSPS) is 8.89. The summed E-state index contributed by atoms with van der Waals surface area (Å²) in [5, 5.41) is 10.7. The van der Waals surface area contributed by atoms with E-state index < -0.39 is 0 Å². The Morgan fingerprint density at radius 1 is 1.33 bits per heavy atom. The van der Waals surface area contributed by atoms with Gasteiger partial charge in [-0.2, -0.15) is 0 Å². The highest BCUT2D eigenvalue weighted by atomic mass is 16.3. The predicted octanol–water partition coefficient (Wildman–Crippen LogP) is 0.126. The van der Waals surface area contributed by atoms with E-state index in [0.717, 1.165) is 0 Å². The van der Waals surface area contributed by atoms with E-state index in [1.54, 1.807) is 18.2 Å². The van der Waals surface area contributed by atoms with Gasteiger partial charge in [0.15, 0.2) is 5.75 Å². The first-order valence-electron chi connectivity index (χ1n) is 2.52. The fourth-order valence-corrected chi connectivity index (χ4v) is 0.568. The van der Waals surface area contributed by atoms with E-state index in [-0.39, 0.29) is 5.75 Å². The lowest BCUT2D eigenvalue weighted by molar-refractivity contribution is -0.380. The molecule has 0 aliphatic heterocycles. The Morgan fingerprint density at radius 3 is 2.44 bits per heavy atom. The van der Waals surface area contributed by atoms with E-state index in [1.165, 1.54) is 6.07 Å². The van der Waals surface area contributed by atoms with Crippen LogP contribution in [0.25, 0.3) is 5.53 Å². The Hall–Kier alpha value is -1.38. The standard InChI is InChI=1S/C6H6N2O/c7-8-5-3-1-2-4-6(5)9/h1-4,8-9H. The fourth-order valence-electron chi connectivity index (χ4n) is 0.568. The second-order valence-electron chi connectivity index (χ2n) is 1.63. The highest BCUT2D eigenvalue weighted by Gasteiger charge is 1.96. The number of nitrogens with one attached hydrogen (secondary N) is 1. The van der Waals surface area contributed by atoms with Gasteiger partial charge in [-0.1, -0.05) is 12.1 Å². The van der Waals surface area contributed by atoms with Crippen LogP contribution < -0.4 is 5.11 Å². The molecule has 0 amide bonds. The summed E-state index contributed by atoms with van der Waals surface area (Å²) in [4.78, 5) is 0. The third kappa shape index (κ3) is 1.05. The van der Waals surface area contributed by atoms with Crippen LogP contribution >= 0.6 is 0 Å². The number of benzene rings is 1. The Kier molecular flexibility index (Phi) is 1.44. The molecule has 0 heterocycles. The molecule has 3 nitrogen and oxygen atoms in total. The van der Waals surface area contributed by atoms with Crippen molar-refractivity contribution in [1.82, 2.24) is 0 Å². The van der Waals surface area contributed by atoms with Gasteiger partial charge in [-0.25, -0.2) is 0 Å². The number of phenolic OH excluding ortho intramolecular Hbond substituents is 1. The zero-order valence-corrected chi connectivity index (χ0v) is 4.70. The van der Waals surface area contributed by atoms with Gasteiger partial charge in [0, 0.05) is 6.07 Å². The lowest BCUT2D eigenvalue weighted by atomic mass is 10.3. The number of aromatic hydroxyl groups is 1. The van der Waals surface area contributed by atoms with Crippen LogP contribution in [-0.2, 0) is 0 Å². The Balaban J connectivity index is 3.15. The molecule has 0 unspecified atom stereocenters. The first-order chi connectivity index (χ1) is 4.34. The highest BCUT2D eigenvalue weighted by molar-refractivity contribution is 5.42.